The van der Waals surface area contributed by atoms with Crippen molar-refractivity contribution >= 4 is 13.3 Å². The van der Waals surface area contributed by atoms with E-state index in [1.165, 1.54) is 11.1 Å². The van der Waals surface area contributed by atoms with E-state index < -0.39 is 0 Å². The van der Waals surface area contributed by atoms with Gasteiger partial charge in [-0.1, -0.05) is 115 Å². The first-order valence-electron chi connectivity index (χ1n) is 10.4. The van der Waals surface area contributed by atoms with E-state index in [2.05, 4.69) is 72.8 Å². The second kappa shape index (κ2) is 8.45. The van der Waals surface area contributed by atoms with Crippen molar-refractivity contribution in [2.45, 2.75) is 0 Å². The van der Waals surface area contributed by atoms with E-state index >= 15 is 0 Å². The minimum atomic E-state index is 0.750. The van der Waals surface area contributed by atoms with E-state index in [1.807, 2.05) is 48.5 Å². The van der Waals surface area contributed by atoms with E-state index in [0.29, 0.717) is 0 Å². The Hall–Kier alpha value is -3.91. The third kappa shape index (κ3) is 4.20. The summed E-state index contributed by atoms with van der Waals surface area (Å²) >= 11 is 0. The third-order valence-electron chi connectivity index (χ3n) is 5.43. The summed E-state index contributed by atoms with van der Waals surface area (Å²) in [7, 11) is 5.89. The van der Waals surface area contributed by atoms with Crippen LogP contribution in [0.5, 0.6) is 0 Å². The Morgan fingerprint density at radius 3 is 1.32 bits per heavy atom. The van der Waals surface area contributed by atoms with Crippen LogP contribution in [0.1, 0.15) is 0 Å². The van der Waals surface area contributed by atoms with Gasteiger partial charge in [0.15, 0.2) is 0 Å². The highest BCUT2D eigenvalue weighted by molar-refractivity contribution is 6.32. The van der Waals surface area contributed by atoms with E-state index in [1.54, 1.807) is 0 Å². The molecule has 4 aromatic carbocycles. The number of pyridine rings is 1. The van der Waals surface area contributed by atoms with Gasteiger partial charge in [0.25, 0.3) is 0 Å². The van der Waals surface area contributed by atoms with Crippen molar-refractivity contribution in [2.24, 2.45) is 0 Å². The summed E-state index contributed by atoms with van der Waals surface area (Å²) in [6.45, 7) is 0. The topological polar surface area (TPSA) is 12.9 Å². The van der Waals surface area contributed by atoms with Gasteiger partial charge in [0.2, 0.25) is 0 Å². The van der Waals surface area contributed by atoms with Crippen molar-refractivity contribution in [1.29, 1.82) is 0 Å². The fourth-order valence-corrected chi connectivity index (χ4v) is 3.74. The lowest BCUT2D eigenvalue weighted by Gasteiger charge is -2.11. The van der Waals surface area contributed by atoms with E-state index in [9.17, 15) is 0 Å². The molecule has 2 radical (unpaired) electrons. The molecule has 0 saturated carbocycles. The Balaban J connectivity index is 1.60. The Kier molecular flexibility index (Phi) is 5.20. The Morgan fingerprint density at radius 1 is 0.387 bits per heavy atom. The number of hydrogen-bond acceptors (Lipinski definition) is 1. The van der Waals surface area contributed by atoms with Crippen LogP contribution in [0.15, 0.2) is 121 Å². The highest BCUT2D eigenvalue weighted by Gasteiger charge is 2.09. The zero-order valence-electron chi connectivity index (χ0n) is 17.1. The van der Waals surface area contributed by atoms with Gasteiger partial charge in [0, 0.05) is 11.1 Å². The van der Waals surface area contributed by atoms with Crippen LogP contribution in [0.25, 0.3) is 44.8 Å². The van der Waals surface area contributed by atoms with E-state index in [0.717, 1.165) is 39.1 Å². The third-order valence-corrected chi connectivity index (χ3v) is 5.43. The molecular formula is C29H20BN. The molecule has 5 aromatic rings. The molecule has 0 fully saturated rings. The molecule has 0 spiro atoms. The summed E-state index contributed by atoms with van der Waals surface area (Å²) in [4.78, 5) is 4.95. The highest BCUT2D eigenvalue weighted by atomic mass is 14.7. The second-order valence-corrected chi connectivity index (χ2v) is 7.56. The van der Waals surface area contributed by atoms with Crippen LogP contribution < -0.4 is 5.46 Å². The molecule has 144 valence electrons. The first-order valence-corrected chi connectivity index (χ1v) is 10.4. The molecule has 2 heteroatoms. The van der Waals surface area contributed by atoms with Gasteiger partial charge in [0.05, 0.1) is 11.4 Å². The van der Waals surface area contributed by atoms with Gasteiger partial charge < -0.3 is 0 Å². The van der Waals surface area contributed by atoms with Crippen molar-refractivity contribution < 1.29 is 0 Å². The molecule has 0 aliphatic carbocycles. The Labute approximate surface area is 184 Å². The molecule has 0 aliphatic rings. The Morgan fingerprint density at radius 2 is 0.774 bits per heavy atom. The maximum absolute atomic E-state index is 5.89. The van der Waals surface area contributed by atoms with Crippen LogP contribution in [-0.2, 0) is 0 Å². The molecule has 0 aliphatic heterocycles. The maximum atomic E-state index is 5.89. The van der Waals surface area contributed by atoms with Gasteiger partial charge in [-0.25, -0.2) is 4.98 Å². The summed E-state index contributed by atoms with van der Waals surface area (Å²) in [5, 5.41) is 0. The molecular weight excluding hydrogens is 373 g/mol. The van der Waals surface area contributed by atoms with Gasteiger partial charge in [-0.3, -0.25) is 0 Å². The van der Waals surface area contributed by atoms with Gasteiger partial charge in [-0.05, 0) is 34.4 Å². The zero-order chi connectivity index (χ0) is 21.0. The first-order chi connectivity index (χ1) is 15.3. The number of nitrogens with zero attached hydrogens (tertiary/aromatic N) is 1. The number of hydrogen-bond donors (Lipinski definition) is 0. The Bertz CT molecular complexity index is 1290. The lowest BCUT2D eigenvalue weighted by Crippen LogP contribution is -2.00. The van der Waals surface area contributed by atoms with Gasteiger partial charge in [-0.2, -0.15) is 0 Å². The van der Waals surface area contributed by atoms with Crippen molar-refractivity contribution in [3.05, 3.63) is 121 Å². The van der Waals surface area contributed by atoms with Crippen molar-refractivity contribution in [1.82, 2.24) is 4.98 Å². The smallest absolute Gasteiger partial charge is 0.113 e. The quantitative estimate of drug-likeness (QED) is 0.316. The summed E-state index contributed by atoms with van der Waals surface area (Å²) in [6, 6.07) is 41.6. The summed E-state index contributed by atoms with van der Waals surface area (Å²) in [5.41, 5.74) is 9.52. The first kappa shape index (κ1) is 19.1. The van der Waals surface area contributed by atoms with Crippen LogP contribution in [0.2, 0.25) is 0 Å². The SMILES string of the molecule is [B]c1ccc(-c2cc(-c3ccc(-c4ccccc4)cc3)cc(-c3ccccc3)n2)cc1. The monoisotopic (exact) mass is 393 g/mol. The van der Waals surface area contributed by atoms with E-state index in [-0.39, 0.29) is 0 Å². The van der Waals surface area contributed by atoms with Crippen LogP contribution >= 0.6 is 0 Å². The predicted molar refractivity (Wildman–Crippen MR) is 131 cm³/mol. The largest absolute Gasteiger partial charge is 0.248 e. The fourth-order valence-electron chi connectivity index (χ4n) is 3.74. The summed E-state index contributed by atoms with van der Waals surface area (Å²) < 4.78 is 0. The molecule has 0 N–H and O–H groups in total. The molecule has 0 atom stereocenters. The van der Waals surface area contributed by atoms with Crippen molar-refractivity contribution in [2.75, 3.05) is 0 Å². The molecule has 1 heterocycles. The minimum Gasteiger partial charge on any atom is -0.248 e. The molecule has 1 aromatic heterocycles. The van der Waals surface area contributed by atoms with Crippen LogP contribution in [0.4, 0.5) is 0 Å². The summed E-state index contributed by atoms with van der Waals surface area (Å²) in [5.74, 6) is 0. The van der Waals surface area contributed by atoms with Crippen molar-refractivity contribution in [3.8, 4) is 44.8 Å². The maximum Gasteiger partial charge on any atom is 0.113 e. The van der Waals surface area contributed by atoms with Crippen molar-refractivity contribution in [3.63, 3.8) is 0 Å². The minimum absolute atomic E-state index is 0.750. The normalized spacial score (nSPS) is 10.7. The average molecular weight is 393 g/mol. The van der Waals surface area contributed by atoms with Crippen LogP contribution in [0.3, 0.4) is 0 Å². The molecule has 31 heavy (non-hydrogen) atoms. The number of rotatable bonds is 4. The van der Waals surface area contributed by atoms with Crippen LogP contribution in [-0.4, -0.2) is 12.8 Å². The predicted octanol–water partition coefficient (Wildman–Crippen LogP) is 6.54. The van der Waals surface area contributed by atoms with Gasteiger partial charge in [0.1, 0.15) is 7.85 Å². The fraction of sp³-hybridized carbons (Fsp3) is 0. The van der Waals surface area contributed by atoms with Gasteiger partial charge >= 0.3 is 0 Å². The molecule has 5 rings (SSSR count). The molecule has 1 nitrogen and oxygen atoms in total. The summed E-state index contributed by atoms with van der Waals surface area (Å²) in [6.07, 6.45) is 0. The number of benzene rings is 4. The lowest BCUT2D eigenvalue weighted by molar-refractivity contribution is 1.32. The molecule has 0 unspecified atom stereocenters. The zero-order valence-corrected chi connectivity index (χ0v) is 17.1. The molecule has 0 saturated heterocycles. The molecule has 0 amide bonds. The average Bonchev–Trinajstić information content (AvgIpc) is 2.85. The van der Waals surface area contributed by atoms with Gasteiger partial charge in [-0.15, -0.1) is 0 Å². The lowest BCUT2D eigenvalue weighted by atomic mass is 9.93. The molecule has 0 bridgehead atoms. The second-order valence-electron chi connectivity index (χ2n) is 7.56. The highest BCUT2D eigenvalue weighted by Crippen LogP contribution is 2.31. The van der Waals surface area contributed by atoms with E-state index in [4.69, 9.17) is 12.8 Å². The number of aromatic nitrogens is 1. The standard InChI is InChI=1S/C29H20BN/c30-27-17-15-25(16-18-27)29-20-26(19-28(31-29)24-9-5-2-6-10-24)23-13-11-22(12-14-23)21-7-3-1-4-8-21/h1-20H. The van der Waals surface area contributed by atoms with Crippen LogP contribution in [0, 0.1) is 0 Å².